The molecule has 0 aromatic heterocycles. The first-order valence-corrected chi connectivity index (χ1v) is 10.3. The van der Waals surface area contributed by atoms with Crippen LogP contribution in [0.5, 0.6) is 0 Å². The Labute approximate surface area is 191 Å². The molecule has 5 nitrogen and oxygen atoms in total. The van der Waals surface area contributed by atoms with E-state index in [0.717, 1.165) is 13.8 Å². The smallest absolute Gasteiger partial charge is 0.422 e. The molecule has 0 aliphatic heterocycles. The van der Waals surface area contributed by atoms with E-state index in [1.54, 1.807) is 0 Å². The molecule has 0 aromatic rings. The van der Waals surface area contributed by atoms with Crippen molar-refractivity contribution >= 4 is 11.9 Å². The number of carbonyl (C=O) groups excluding carboxylic acids is 2. The van der Waals surface area contributed by atoms with E-state index >= 15 is 0 Å². The molecular weight excluding hydrogens is 491 g/mol. The lowest BCUT2D eigenvalue weighted by atomic mass is 9.76. The van der Waals surface area contributed by atoms with E-state index in [4.69, 9.17) is 4.74 Å². The summed E-state index contributed by atoms with van der Waals surface area (Å²) in [7, 11) is 0. The highest BCUT2D eigenvalue weighted by atomic mass is 19.4. The standard InChI is InChI=1S/C20H29F9O5/c1-6-17(20(27,28)29,8-12(4)14(30)33-10-18(21,22)23)15(31)34-13(7-11(2)3)9-16(5,32)19(24,25)26/h11-13,32H,6-10H2,1-5H3. The van der Waals surface area contributed by atoms with Gasteiger partial charge in [-0.05, 0) is 32.1 Å². The molecule has 0 fully saturated rings. The van der Waals surface area contributed by atoms with Crippen LogP contribution in [0.2, 0.25) is 0 Å². The SMILES string of the molecule is CCC(CC(C)C(=O)OCC(F)(F)F)(C(=O)OC(CC(C)C)CC(C)(O)C(F)(F)F)C(F)(F)F. The molecular formula is C20H29F9O5. The molecule has 0 amide bonds. The van der Waals surface area contributed by atoms with Crippen molar-refractivity contribution in [2.45, 2.75) is 90.5 Å². The Balaban J connectivity index is 5.95. The molecule has 0 saturated heterocycles. The molecule has 0 heterocycles. The molecule has 0 aliphatic carbocycles. The molecule has 202 valence electrons. The molecule has 0 rings (SSSR count). The van der Waals surface area contributed by atoms with Crippen molar-refractivity contribution in [3.05, 3.63) is 0 Å². The Morgan fingerprint density at radius 2 is 1.38 bits per heavy atom. The second kappa shape index (κ2) is 11.3. The average molecular weight is 520 g/mol. The van der Waals surface area contributed by atoms with Crippen LogP contribution in [0.1, 0.15) is 60.3 Å². The van der Waals surface area contributed by atoms with Gasteiger partial charge in [0.15, 0.2) is 17.6 Å². The van der Waals surface area contributed by atoms with Crippen molar-refractivity contribution in [2.75, 3.05) is 6.61 Å². The number of esters is 2. The number of ether oxygens (including phenoxy) is 2. The fourth-order valence-corrected chi connectivity index (χ4v) is 3.23. The van der Waals surface area contributed by atoms with Crippen LogP contribution in [0.25, 0.3) is 0 Å². The van der Waals surface area contributed by atoms with E-state index in [0.29, 0.717) is 6.92 Å². The summed E-state index contributed by atoms with van der Waals surface area (Å²) in [5.74, 6) is -5.93. The van der Waals surface area contributed by atoms with Gasteiger partial charge in [0, 0.05) is 6.42 Å². The van der Waals surface area contributed by atoms with Gasteiger partial charge in [-0.2, -0.15) is 39.5 Å². The summed E-state index contributed by atoms with van der Waals surface area (Å²) in [6.07, 6.45) is -21.2. The van der Waals surface area contributed by atoms with Crippen LogP contribution in [0.3, 0.4) is 0 Å². The third kappa shape index (κ3) is 9.14. The normalized spacial score (nSPS) is 18.6. The van der Waals surface area contributed by atoms with E-state index in [2.05, 4.69) is 4.74 Å². The van der Waals surface area contributed by atoms with Crippen LogP contribution in [-0.4, -0.2) is 53.9 Å². The van der Waals surface area contributed by atoms with E-state index in [1.807, 2.05) is 0 Å². The predicted molar refractivity (Wildman–Crippen MR) is 100 cm³/mol. The summed E-state index contributed by atoms with van der Waals surface area (Å²) >= 11 is 0. The highest BCUT2D eigenvalue weighted by Gasteiger charge is 2.62. The topological polar surface area (TPSA) is 72.8 Å². The van der Waals surface area contributed by atoms with Crippen LogP contribution >= 0.6 is 0 Å². The highest BCUT2D eigenvalue weighted by molar-refractivity contribution is 5.80. The third-order valence-corrected chi connectivity index (χ3v) is 5.22. The molecule has 4 atom stereocenters. The second-order valence-electron chi connectivity index (χ2n) is 8.89. The number of alkyl halides is 9. The number of halogens is 9. The molecule has 1 N–H and O–H groups in total. The van der Waals surface area contributed by atoms with Crippen LogP contribution in [0, 0.1) is 17.3 Å². The minimum Gasteiger partial charge on any atom is -0.462 e. The van der Waals surface area contributed by atoms with Gasteiger partial charge in [-0.15, -0.1) is 0 Å². The van der Waals surface area contributed by atoms with E-state index in [9.17, 15) is 54.2 Å². The van der Waals surface area contributed by atoms with Crippen LogP contribution in [0.4, 0.5) is 39.5 Å². The van der Waals surface area contributed by atoms with Crippen molar-refractivity contribution in [1.29, 1.82) is 0 Å². The molecule has 0 aliphatic rings. The summed E-state index contributed by atoms with van der Waals surface area (Å²) in [6.45, 7) is 3.06. The average Bonchev–Trinajstić information content (AvgIpc) is 2.60. The number of hydrogen-bond donors (Lipinski definition) is 1. The van der Waals surface area contributed by atoms with Crippen molar-refractivity contribution in [3.8, 4) is 0 Å². The van der Waals surface area contributed by atoms with E-state index in [1.165, 1.54) is 13.8 Å². The fraction of sp³-hybridized carbons (Fsp3) is 0.900. The zero-order chi connectivity index (χ0) is 27.3. The molecule has 14 heteroatoms. The minimum absolute atomic E-state index is 0.321. The lowest BCUT2D eigenvalue weighted by Crippen LogP contribution is -2.50. The highest BCUT2D eigenvalue weighted by Crippen LogP contribution is 2.48. The molecule has 0 bridgehead atoms. The predicted octanol–water partition coefficient (Wildman–Crippen LogP) is 5.74. The summed E-state index contributed by atoms with van der Waals surface area (Å²) in [6, 6.07) is 0. The van der Waals surface area contributed by atoms with Gasteiger partial charge in [-0.1, -0.05) is 27.7 Å². The van der Waals surface area contributed by atoms with Crippen molar-refractivity contribution < 1.29 is 63.7 Å². The van der Waals surface area contributed by atoms with E-state index < -0.39 is 85.3 Å². The van der Waals surface area contributed by atoms with Crippen LogP contribution in [0.15, 0.2) is 0 Å². The lowest BCUT2D eigenvalue weighted by Gasteiger charge is -2.37. The monoisotopic (exact) mass is 520 g/mol. The summed E-state index contributed by atoms with van der Waals surface area (Å²) in [5, 5.41) is 9.72. The minimum atomic E-state index is -5.37. The largest absolute Gasteiger partial charge is 0.462 e. The van der Waals surface area contributed by atoms with Crippen molar-refractivity contribution in [3.63, 3.8) is 0 Å². The molecule has 0 saturated carbocycles. The Hall–Kier alpha value is -1.73. The van der Waals surface area contributed by atoms with Gasteiger partial charge >= 0.3 is 30.5 Å². The molecule has 0 radical (unpaired) electrons. The zero-order valence-electron chi connectivity index (χ0n) is 19.2. The zero-order valence-corrected chi connectivity index (χ0v) is 19.2. The van der Waals surface area contributed by atoms with Crippen LogP contribution in [-0.2, 0) is 19.1 Å². The van der Waals surface area contributed by atoms with Gasteiger partial charge in [0.1, 0.15) is 6.10 Å². The molecule has 0 spiro atoms. The summed E-state index contributed by atoms with van der Waals surface area (Å²) < 4.78 is 127. The quantitative estimate of drug-likeness (QED) is 0.278. The summed E-state index contributed by atoms with van der Waals surface area (Å²) in [4.78, 5) is 24.5. The maximum absolute atomic E-state index is 14.0. The number of carbonyl (C=O) groups is 2. The first-order chi connectivity index (χ1) is 15.0. The Morgan fingerprint density at radius 1 is 0.882 bits per heavy atom. The van der Waals surface area contributed by atoms with Gasteiger partial charge < -0.3 is 14.6 Å². The maximum Gasteiger partial charge on any atom is 0.422 e. The number of aliphatic hydroxyl groups is 1. The van der Waals surface area contributed by atoms with Gasteiger partial charge in [0.2, 0.25) is 0 Å². The Kier molecular flexibility index (Phi) is 10.8. The third-order valence-electron chi connectivity index (χ3n) is 5.22. The van der Waals surface area contributed by atoms with Crippen molar-refractivity contribution in [2.24, 2.45) is 17.3 Å². The van der Waals surface area contributed by atoms with E-state index in [-0.39, 0.29) is 6.42 Å². The van der Waals surface area contributed by atoms with Gasteiger partial charge in [-0.25, -0.2) is 0 Å². The van der Waals surface area contributed by atoms with Gasteiger partial charge in [0.25, 0.3) is 0 Å². The Bertz CT molecular complexity index is 683. The summed E-state index contributed by atoms with van der Waals surface area (Å²) in [5.41, 5.74) is -6.79. The second-order valence-corrected chi connectivity index (χ2v) is 8.89. The molecule has 4 unspecified atom stereocenters. The fourth-order valence-electron chi connectivity index (χ4n) is 3.23. The van der Waals surface area contributed by atoms with Crippen molar-refractivity contribution in [1.82, 2.24) is 0 Å². The maximum atomic E-state index is 14.0. The number of hydrogen-bond acceptors (Lipinski definition) is 5. The molecule has 0 aromatic carbocycles. The first-order valence-electron chi connectivity index (χ1n) is 10.3. The Morgan fingerprint density at radius 3 is 1.74 bits per heavy atom. The lowest BCUT2D eigenvalue weighted by molar-refractivity contribution is -0.267. The van der Waals surface area contributed by atoms with Crippen LogP contribution < -0.4 is 0 Å². The van der Waals surface area contributed by atoms with Gasteiger partial charge in [-0.3, -0.25) is 9.59 Å². The number of rotatable bonds is 11. The van der Waals surface area contributed by atoms with Gasteiger partial charge in [0.05, 0.1) is 5.92 Å². The molecule has 34 heavy (non-hydrogen) atoms. The first kappa shape index (κ1) is 32.3.